The lowest BCUT2D eigenvalue weighted by Gasteiger charge is -2.60. The van der Waals surface area contributed by atoms with Crippen molar-refractivity contribution in [2.45, 2.75) is 221 Å². The Labute approximate surface area is 368 Å². The maximum Gasteiger partial charge on any atom is 0.136 e. The zero-order valence-corrected chi connectivity index (χ0v) is 40.9. The molecule has 18 atom stereocenters. The van der Waals surface area contributed by atoms with Gasteiger partial charge < -0.3 is 0 Å². The molecule has 0 radical (unpaired) electrons. The number of hydrogen-bond acceptors (Lipinski definition) is 2. The van der Waals surface area contributed by atoms with E-state index in [-0.39, 0.29) is 33.4 Å². The molecule has 0 aromatic heterocycles. The van der Waals surface area contributed by atoms with Crippen LogP contribution in [0.25, 0.3) is 0 Å². The number of carbonyl (C=O) groups excluding carboxylic acids is 2. The van der Waals surface area contributed by atoms with Crippen molar-refractivity contribution in [1.82, 2.24) is 0 Å². The molecular weight excluding hydrogens is 751 g/mol. The van der Waals surface area contributed by atoms with Crippen LogP contribution in [-0.2, 0) is 9.59 Å². The molecule has 8 saturated carbocycles. The van der Waals surface area contributed by atoms with E-state index in [0.29, 0.717) is 34.2 Å². The van der Waals surface area contributed by atoms with E-state index in [0.717, 1.165) is 97.7 Å². The highest BCUT2D eigenvalue weighted by atomic mass is 35.5. The van der Waals surface area contributed by atoms with Crippen molar-refractivity contribution >= 4 is 34.8 Å². The highest BCUT2D eigenvalue weighted by molar-refractivity contribution is 6.21. The average molecular weight is 842 g/mol. The fraction of sp³-hybridized carbons (Fsp3) is 0.963. The summed E-state index contributed by atoms with van der Waals surface area (Å²) in [5, 5.41) is 0.454. The lowest BCUT2D eigenvalue weighted by molar-refractivity contribution is -0.154. The van der Waals surface area contributed by atoms with Gasteiger partial charge in [-0.05, 0) is 183 Å². The van der Waals surface area contributed by atoms with Crippen LogP contribution >= 0.6 is 23.2 Å². The number of halogens is 2. The Bertz CT molecular complexity index is 1330. The van der Waals surface area contributed by atoms with Gasteiger partial charge in [0.1, 0.15) is 11.6 Å². The van der Waals surface area contributed by atoms with Gasteiger partial charge in [-0.2, -0.15) is 0 Å². The van der Waals surface area contributed by atoms with Crippen LogP contribution in [0.4, 0.5) is 0 Å². The largest absolute Gasteiger partial charge is 0.299 e. The van der Waals surface area contributed by atoms with Gasteiger partial charge in [-0.1, -0.05) is 108 Å². The summed E-state index contributed by atoms with van der Waals surface area (Å²) in [5.74, 6) is 11.1. The Hall–Kier alpha value is -0.0800. The maximum atomic E-state index is 13.3. The van der Waals surface area contributed by atoms with Gasteiger partial charge in [-0.15, -0.1) is 23.2 Å². The Morgan fingerprint density at radius 2 is 0.828 bits per heavy atom. The Balaban J connectivity index is 0.000000177. The minimum atomic E-state index is 0.227. The van der Waals surface area contributed by atoms with Gasteiger partial charge >= 0.3 is 0 Å². The van der Waals surface area contributed by atoms with Crippen LogP contribution in [0.1, 0.15) is 210 Å². The molecular formula is C54H90Cl2O2. The zero-order chi connectivity index (χ0) is 41.9. The predicted octanol–water partition coefficient (Wildman–Crippen LogP) is 15.8. The summed E-state index contributed by atoms with van der Waals surface area (Å²) in [6, 6.07) is 0. The standard InChI is InChI=1S/2C27H45ClO/c2*1-17(2)7-6-8-18(3)21-9-10-22-20-16-25(29)24-15-19(28)11-13-27(24,5)23(20)12-14-26(21,22)4/h2*17-24H,6-16H2,1-5H3/t2*18-,19+,20+,21-,22+,23+,24-,26-,27-/m11/s1. The van der Waals surface area contributed by atoms with Crippen LogP contribution in [0.5, 0.6) is 0 Å². The smallest absolute Gasteiger partial charge is 0.136 e. The quantitative estimate of drug-likeness (QED) is 0.205. The lowest BCUT2D eigenvalue weighted by Crippen LogP contribution is -2.56. The molecule has 0 amide bonds. The zero-order valence-electron chi connectivity index (χ0n) is 39.4. The second-order valence-corrected chi connectivity index (χ2v) is 26.2. The Kier molecular flexibility index (Phi) is 14.1. The summed E-state index contributed by atoms with van der Waals surface area (Å²) in [7, 11) is 0. The van der Waals surface area contributed by atoms with E-state index in [1.165, 1.54) is 103 Å². The highest BCUT2D eigenvalue weighted by Crippen LogP contribution is 2.70. The molecule has 8 rings (SSSR count). The lowest BCUT2D eigenvalue weighted by atomic mass is 9.44. The van der Waals surface area contributed by atoms with Gasteiger partial charge in [0.05, 0.1) is 0 Å². The number of fused-ring (bicyclic) bond motifs is 10. The number of ketones is 2. The van der Waals surface area contributed by atoms with E-state index in [2.05, 4.69) is 69.2 Å². The summed E-state index contributed by atoms with van der Waals surface area (Å²) < 4.78 is 0. The van der Waals surface area contributed by atoms with E-state index in [4.69, 9.17) is 23.2 Å². The molecule has 0 aliphatic heterocycles. The summed E-state index contributed by atoms with van der Waals surface area (Å²) in [4.78, 5) is 26.6. The van der Waals surface area contributed by atoms with E-state index in [1.807, 2.05) is 0 Å². The van der Waals surface area contributed by atoms with E-state index in [9.17, 15) is 9.59 Å². The third-order valence-electron chi connectivity index (χ3n) is 21.2. The van der Waals surface area contributed by atoms with Crippen LogP contribution in [0.2, 0.25) is 0 Å². The first-order chi connectivity index (χ1) is 27.3. The van der Waals surface area contributed by atoms with Crippen molar-refractivity contribution in [3.63, 3.8) is 0 Å². The summed E-state index contributed by atoms with van der Waals surface area (Å²) in [6.07, 6.45) is 27.6. The van der Waals surface area contributed by atoms with Gasteiger partial charge in [-0.3, -0.25) is 9.59 Å². The van der Waals surface area contributed by atoms with Crippen molar-refractivity contribution in [1.29, 1.82) is 0 Å². The molecule has 8 fully saturated rings. The molecule has 2 nitrogen and oxygen atoms in total. The van der Waals surface area contributed by atoms with E-state index in [1.54, 1.807) is 0 Å². The third kappa shape index (κ3) is 8.37. The van der Waals surface area contributed by atoms with Crippen molar-refractivity contribution in [3.8, 4) is 0 Å². The fourth-order valence-corrected chi connectivity index (χ4v) is 18.6. The second-order valence-electron chi connectivity index (χ2n) is 25.0. The molecule has 8 aliphatic rings. The first-order valence-electron chi connectivity index (χ1n) is 25.7. The molecule has 0 N–H and O–H groups in total. The third-order valence-corrected chi connectivity index (χ3v) is 22.0. The minimum Gasteiger partial charge on any atom is -0.299 e. The Morgan fingerprint density at radius 1 is 0.483 bits per heavy atom. The van der Waals surface area contributed by atoms with Crippen LogP contribution in [-0.4, -0.2) is 22.3 Å². The highest BCUT2D eigenvalue weighted by Gasteiger charge is 2.64. The topological polar surface area (TPSA) is 34.1 Å². The molecule has 0 unspecified atom stereocenters. The molecule has 332 valence electrons. The van der Waals surface area contributed by atoms with E-state index >= 15 is 0 Å². The van der Waals surface area contributed by atoms with Gasteiger partial charge in [-0.25, -0.2) is 0 Å². The second kappa shape index (κ2) is 17.8. The van der Waals surface area contributed by atoms with Crippen molar-refractivity contribution in [3.05, 3.63) is 0 Å². The van der Waals surface area contributed by atoms with Gasteiger partial charge in [0.15, 0.2) is 0 Å². The van der Waals surface area contributed by atoms with Crippen LogP contribution in [0, 0.1) is 105 Å². The number of rotatable bonds is 10. The maximum absolute atomic E-state index is 13.3. The summed E-state index contributed by atoms with van der Waals surface area (Å²) in [5.41, 5.74) is 1.42. The molecule has 0 aromatic carbocycles. The molecule has 8 aliphatic carbocycles. The van der Waals surface area contributed by atoms with Crippen molar-refractivity contribution in [2.24, 2.45) is 105 Å². The molecule has 0 saturated heterocycles. The first kappa shape index (κ1) is 45.9. The number of carbonyl (C=O) groups is 2. The monoisotopic (exact) mass is 841 g/mol. The molecule has 0 aromatic rings. The van der Waals surface area contributed by atoms with Gasteiger partial charge in [0.25, 0.3) is 0 Å². The summed E-state index contributed by atoms with van der Waals surface area (Å²) in [6.45, 7) is 24.7. The molecule has 0 spiro atoms. The van der Waals surface area contributed by atoms with Crippen molar-refractivity contribution < 1.29 is 9.59 Å². The average Bonchev–Trinajstić information content (AvgIpc) is 3.70. The van der Waals surface area contributed by atoms with E-state index < -0.39 is 0 Å². The molecule has 58 heavy (non-hydrogen) atoms. The van der Waals surface area contributed by atoms with Crippen LogP contribution in [0.15, 0.2) is 0 Å². The Morgan fingerprint density at radius 3 is 1.19 bits per heavy atom. The van der Waals surface area contributed by atoms with Crippen LogP contribution < -0.4 is 0 Å². The van der Waals surface area contributed by atoms with Crippen LogP contribution in [0.3, 0.4) is 0 Å². The van der Waals surface area contributed by atoms with Crippen molar-refractivity contribution in [2.75, 3.05) is 0 Å². The fourth-order valence-electron chi connectivity index (χ4n) is 18.0. The number of Topliss-reactive ketones (excluding diaryl/α,β-unsaturated/α-hetero) is 2. The van der Waals surface area contributed by atoms with Gasteiger partial charge in [0.2, 0.25) is 0 Å². The summed E-state index contributed by atoms with van der Waals surface area (Å²) >= 11 is 13.0. The number of alkyl halides is 2. The first-order valence-corrected chi connectivity index (χ1v) is 26.5. The SMILES string of the molecule is CC(C)CCC[C@@H](C)[C@H]1CC[C@H]2[C@@H]3CC(=O)[C@H]4C[C@@H](Cl)CC[C@]4(C)[C@H]3CC[C@]12C.CC(C)CCC[C@@H](C)[C@H]1CC[C@H]2[C@@H]3CC(=O)[C@H]4C[C@@H](Cl)CC[C@]4(C)[C@H]3CC[C@]12C. The molecule has 0 bridgehead atoms. The normalized spacial score (nSPS) is 48.2. The number of hydrogen-bond donors (Lipinski definition) is 0. The molecule has 4 heteroatoms. The minimum absolute atomic E-state index is 0.227. The van der Waals surface area contributed by atoms with Gasteiger partial charge in [0, 0.05) is 35.4 Å². The molecule has 0 heterocycles. The predicted molar refractivity (Wildman–Crippen MR) is 246 cm³/mol.